The summed E-state index contributed by atoms with van der Waals surface area (Å²) in [6.45, 7) is 4.82. The van der Waals surface area contributed by atoms with Gasteiger partial charge in [-0.3, -0.25) is 0 Å². The molecule has 0 aromatic rings. The SMILES string of the molecule is CC1CCCNCC1. The minimum atomic E-state index is 0.963. The van der Waals surface area contributed by atoms with Crippen LogP contribution in [-0.4, -0.2) is 13.1 Å². The number of hydrogen-bond acceptors (Lipinski definition) is 1. The molecule has 1 N–H and O–H groups in total. The molecule has 1 aliphatic rings. The minimum Gasteiger partial charge on any atom is -0.317 e. The molecular weight excluding hydrogens is 98.1 g/mol. The van der Waals surface area contributed by atoms with Gasteiger partial charge >= 0.3 is 0 Å². The molecule has 1 heterocycles. The Hall–Kier alpha value is -0.0400. The van der Waals surface area contributed by atoms with Gasteiger partial charge < -0.3 is 5.32 Å². The first-order valence-corrected chi connectivity index (χ1v) is 3.60. The van der Waals surface area contributed by atoms with Gasteiger partial charge in [0.15, 0.2) is 0 Å². The van der Waals surface area contributed by atoms with Gasteiger partial charge in [0.1, 0.15) is 0 Å². The molecule has 0 aromatic carbocycles. The van der Waals surface area contributed by atoms with E-state index in [1.807, 2.05) is 0 Å². The monoisotopic (exact) mass is 113 g/mol. The molecule has 1 fully saturated rings. The fourth-order valence-electron chi connectivity index (χ4n) is 1.19. The van der Waals surface area contributed by atoms with E-state index < -0.39 is 0 Å². The lowest BCUT2D eigenvalue weighted by atomic mass is 10.0. The Bertz CT molecular complexity index is 53.4. The van der Waals surface area contributed by atoms with Gasteiger partial charge in [-0.1, -0.05) is 6.92 Å². The zero-order chi connectivity index (χ0) is 5.82. The van der Waals surface area contributed by atoms with Gasteiger partial charge in [0, 0.05) is 0 Å². The third-order valence-corrected chi connectivity index (χ3v) is 1.86. The lowest BCUT2D eigenvalue weighted by molar-refractivity contribution is 0.519. The van der Waals surface area contributed by atoms with Crippen LogP contribution in [0.3, 0.4) is 0 Å². The average Bonchev–Trinajstić information content (AvgIpc) is 1.94. The Labute approximate surface area is 51.5 Å². The summed E-state index contributed by atoms with van der Waals surface area (Å²) in [5.41, 5.74) is 0. The van der Waals surface area contributed by atoms with Crippen molar-refractivity contribution in [1.29, 1.82) is 0 Å². The molecule has 0 aliphatic carbocycles. The van der Waals surface area contributed by atoms with Crippen LogP contribution in [0, 0.1) is 5.92 Å². The Kier molecular flexibility index (Phi) is 2.34. The van der Waals surface area contributed by atoms with Crippen molar-refractivity contribution in [1.82, 2.24) is 5.32 Å². The van der Waals surface area contributed by atoms with Gasteiger partial charge in [-0.2, -0.15) is 0 Å². The molecular formula is C7H15N. The first-order chi connectivity index (χ1) is 3.89. The van der Waals surface area contributed by atoms with Gasteiger partial charge in [0.25, 0.3) is 0 Å². The van der Waals surface area contributed by atoms with Crippen molar-refractivity contribution in [2.75, 3.05) is 13.1 Å². The Morgan fingerprint density at radius 3 is 3.00 bits per heavy atom. The fourth-order valence-corrected chi connectivity index (χ4v) is 1.19. The van der Waals surface area contributed by atoms with Crippen LogP contribution in [0.4, 0.5) is 0 Å². The van der Waals surface area contributed by atoms with E-state index in [4.69, 9.17) is 0 Å². The molecule has 1 rings (SSSR count). The maximum Gasteiger partial charge on any atom is -0.00464 e. The van der Waals surface area contributed by atoms with Crippen LogP contribution < -0.4 is 5.32 Å². The molecule has 48 valence electrons. The summed E-state index contributed by atoms with van der Waals surface area (Å²) in [6, 6.07) is 0. The smallest absolute Gasteiger partial charge is 0.00464 e. The molecule has 1 nitrogen and oxygen atoms in total. The first kappa shape index (κ1) is 6.09. The van der Waals surface area contributed by atoms with Gasteiger partial charge in [-0.05, 0) is 38.3 Å². The largest absolute Gasteiger partial charge is 0.317 e. The topological polar surface area (TPSA) is 12.0 Å². The molecule has 1 saturated heterocycles. The summed E-state index contributed by atoms with van der Waals surface area (Å²) < 4.78 is 0. The van der Waals surface area contributed by atoms with Gasteiger partial charge in [-0.25, -0.2) is 0 Å². The van der Waals surface area contributed by atoms with Crippen molar-refractivity contribution in [3.8, 4) is 0 Å². The molecule has 0 radical (unpaired) electrons. The Balaban J connectivity index is 2.17. The highest BCUT2D eigenvalue weighted by Crippen LogP contribution is 2.10. The van der Waals surface area contributed by atoms with E-state index in [1.54, 1.807) is 0 Å². The van der Waals surface area contributed by atoms with Gasteiger partial charge in [-0.15, -0.1) is 0 Å². The molecule has 0 saturated carbocycles. The standard InChI is InChI=1S/C7H15N/c1-7-3-2-5-8-6-4-7/h7-8H,2-6H2,1H3. The number of nitrogens with one attached hydrogen (secondary N) is 1. The average molecular weight is 113 g/mol. The first-order valence-electron chi connectivity index (χ1n) is 3.60. The van der Waals surface area contributed by atoms with Crippen molar-refractivity contribution in [3.63, 3.8) is 0 Å². The lowest BCUT2D eigenvalue weighted by Gasteiger charge is -2.02. The Morgan fingerprint density at radius 2 is 2.12 bits per heavy atom. The van der Waals surface area contributed by atoms with Crippen LogP contribution in [0.15, 0.2) is 0 Å². The molecule has 1 heteroatoms. The summed E-state index contributed by atoms with van der Waals surface area (Å²) >= 11 is 0. The van der Waals surface area contributed by atoms with Crippen molar-refractivity contribution in [3.05, 3.63) is 0 Å². The van der Waals surface area contributed by atoms with E-state index in [9.17, 15) is 0 Å². The van der Waals surface area contributed by atoms with Crippen LogP contribution in [-0.2, 0) is 0 Å². The fraction of sp³-hybridized carbons (Fsp3) is 1.00. The molecule has 8 heavy (non-hydrogen) atoms. The maximum atomic E-state index is 3.38. The van der Waals surface area contributed by atoms with Crippen molar-refractivity contribution < 1.29 is 0 Å². The third kappa shape index (κ3) is 1.83. The predicted molar refractivity (Wildman–Crippen MR) is 35.9 cm³/mol. The summed E-state index contributed by atoms with van der Waals surface area (Å²) in [7, 11) is 0. The summed E-state index contributed by atoms with van der Waals surface area (Å²) in [6.07, 6.45) is 4.17. The lowest BCUT2D eigenvalue weighted by Crippen LogP contribution is -2.13. The zero-order valence-corrected chi connectivity index (χ0v) is 5.61. The second-order valence-corrected chi connectivity index (χ2v) is 2.79. The zero-order valence-electron chi connectivity index (χ0n) is 5.61. The number of hydrogen-bond donors (Lipinski definition) is 1. The molecule has 0 bridgehead atoms. The van der Waals surface area contributed by atoms with Crippen molar-refractivity contribution >= 4 is 0 Å². The van der Waals surface area contributed by atoms with Gasteiger partial charge in [0.05, 0.1) is 0 Å². The van der Waals surface area contributed by atoms with Crippen molar-refractivity contribution in [2.45, 2.75) is 26.2 Å². The summed E-state index contributed by atoms with van der Waals surface area (Å²) in [5.74, 6) is 0.963. The molecule has 0 spiro atoms. The summed E-state index contributed by atoms with van der Waals surface area (Å²) in [5, 5.41) is 3.38. The quantitative estimate of drug-likeness (QED) is 0.500. The predicted octanol–water partition coefficient (Wildman–Crippen LogP) is 1.40. The molecule has 1 atom stereocenters. The van der Waals surface area contributed by atoms with Crippen LogP contribution in [0.5, 0.6) is 0 Å². The van der Waals surface area contributed by atoms with Crippen molar-refractivity contribution in [2.24, 2.45) is 5.92 Å². The van der Waals surface area contributed by atoms with Gasteiger partial charge in [0.2, 0.25) is 0 Å². The van der Waals surface area contributed by atoms with Crippen LogP contribution >= 0.6 is 0 Å². The second kappa shape index (κ2) is 3.08. The highest BCUT2D eigenvalue weighted by molar-refractivity contribution is 4.61. The van der Waals surface area contributed by atoms with Crippen LogP contribution in [0.1, 0.15) is 26.2 Å². The molecule has 0 amide bonds. The molecule has 1 unspecified atom stereocenters. The highest BCUT2D eigenvalue weighted by Gasteiger charge is 2.04. The summed E-state index contributed by atoms with van der Waals surface area (Å²) in [4.78, 5) is 0. The van der Waals surface area contributed by atoms with E-state index in [2.05, 4.69) is 12.2 Å². The van der Waals surface area contributed by atoms with Crippen LogP contribution in [0.25, 0.3) is 0 Å². The third-order valence-electron chi connectivity index (χ3n) is 1.86. The molecule has 1 aliphatic heterocycles. The van der Waals surface area contributed by atoms with E-state index in [-0.39, 0.29) is 0 Å². The molecule has 0 aromatic heterocycles. The Morgan fingerprint density at radius 1 is 1.25 bits per heavy atom. The second-order valence-electron chi connectivity index (χ2n) is 2.79. The minimum absolute atomic E-state index is 0.963. The van der Waals surface area contributed by atoms with E-state index in [0.717, 1.165) is 5.92 Å². The van der Waals surface area contributed by atoms with E-state index in [1.165, 1.54) is 32.4 Å². The van der Waals surface area contributed by atoms with E-state index >= 15 is 0 Å². The van der Waals surface area contributed by atoms with E-state index in [0.29, 0.717) is 0 Å². The maximum absolute atomic E-state index is 3.38. The normalized spacial score (nSPS) is 31.9. The number of rotatable bonds is 0. The van der Waals surface area contributed by atoms with Crippen LogP contribution in [0.2, 0.25) is 0 Å². The highest BCUT2D eigenvalue weighted by atomic mass is 14.8.